The number of aromatic nitrogens is 2. The molecule has 0 radical (unpaired) electrons. The number of H-pyrrole nitrogens is 1. The van der Waals surface area contributed by atoms with E-state index in [0.717, 1.165) is 22.2 Å². The van der Waals surface area contributed by atoms with E-state index < -0.39 is 23.7 Å². The first-order chi connectivity index (χ1) is 16.0. The lowest BCUT2D eigenvalue weighted by Gasteiger charge is -2.17. The zero-order valence-corrected chi connectivity index (χ0v) is 17.6. The molecule has 164 valence electrons. The normalized spacial score (nSPS) is 12.5. The molecule has 1 aliphatic rings. The van der Waals surface area contributed by atoms with Crippen molar-refractivity contribution in [2.24, 2.45) is 0 Å². The minimum absolute atomic E-state index is 0.105. The molecular formula is C25H20N4O4. The Morgan fingerprint density at radius 3 is 2.45 bits per heavy atom. The number of aromatic amines is 1. The Labute approximate surface area is 188 Å². The fourth-order valence-corrected chi connectivity index (χ4v) is 4.09. The van der Waals surface area contributed by atoms with Crippen LogP contribution in [0.3, 0.4) is 0 Å². The second-order valence-corrected chi connectivity index (χ2v) is 7.83. The number of nitrogens with zero attached hydrogens (tertiary/aromatic N) is 2. The summed E-state index contributed by atoms with van der Waals surface area (Å²) in [6, 6.07) is 21.0. The number of amides is 2. The molecule has 0 aliphatic carbocycles. The average molecular weight is 440 g/mol. The molecule has 2 N–H and O–H groups in total. The van der Waals surface area contributed by atoms with Gasteiger partial charge in [-0.1, -0.05) is 30.3 Å². The molecule has 0 bridgehead atoms. The molecule has 3 aromatic carbocycles. The Morgan fingerprint density at radius 2 is 1.64 bits per heavy atom. The summed E-state index contributed by atoms with van der Waals surface area (Å²) in [5.41, 5.74) is 2.28. The highest BCUT2D eigenvalue weighted by Crippen LogP contribution is 2.29. The van der Waals surface area contributed by atoms with Gasteiger partial charge in [0.15, 0.2) is 0 Å². The Balaban J connectivity index is 1.30. The van der Waals surface area contributed by atoms with Gasteiger partial charge in [-0.05, 0) is 54.4 Å². The van der Waals surface area contributed by atoms with E-state index in [1.54, 1.807) is 53.4 Å². The predicted molar refractivity (Wildman–Crippen MR) is 126 cm³/mol. The summed E-state index contributed by atoms with van der Waals surface area (Å²) in [5.74, 6) is -0.627. The number of hydrogen-bond donors (Lipinski definition) is 2. The molecule has 0 atom stereocenters. The molecule has 1 aliphatic heterocycles. The first kappa shape index (κ1) is 20.4. The summed E-state index contributed by atoms with van der Waals surface area (Å²) >= 11 is 0. The van der Waals surface area contributed by atoms with Gasteiger partial charge in [0.2, 0.25) is 5.91 Å². The monoisotopic (exact) mass is 440 g/mol. The Morgan fingerprint density at radius 1 is 0.909 bits per heavy atom. The quantitative estimate of drug-likeness (QED) is 0.509. The number of carbonyl (C=O) groups is 2. The largest absolute Gasteiger partial charge is 0.329 e. The predicted octanol–water partition coefficient (Wildman–Crippen LogP) is 2.53. The molecule has 0 unspecified atom stereocenters. The summed E-state index contributed by atoms with van der Waals surface area (Å²) in [6.45, 7) is 0.204. The van der Waals surface area contributed by atoms with Gasteiger partial charge in [0.25, 0.3) is 11.5 Å². The Bertz CT molecular complexity index is 1500. The number of hydrogen-bond acceptors (Lipinski definition) is 4. The highest BCUT2D eigenvalue weighted by molar-refractivity contribution is 6.07. The van der Waals surface area contributed by atoms with Gasteiger partial charge in [-0.15, -0.1) is 0 Å². The smallest absolute Gasteiger partial charge is 0.325 e. The van der Waals surface area contributed by atoms with Crippen molar-refractivity contribution in [2.75, 3.05) is 16.8 Å². The van der Waals surface area contributed by atoms with Crippen LogP contribution < -0.4 is 21.5 Å². The minimum Gasteiger partial charge on any atom is -0.325 e. The van der Waals surface area contributed by atoms with E-state index in [1.807, 2.05) is 24.3 Å². The maximum atomic E-state index is 12.9. The molecule has 1 aromatic heterocycles. The minimum atomic E-state index is -0.652. The van der Waals surface area contributed by atoms with Gasteiger partial charge in [0.05, 0.1) is 10.9 Å². The van der Waals surface area contributed by atoms with Crippen molar-refractivity contribution in [2.45, 2.75) is 13.0 Å². The second-order valence-electron chi connectivity index (χ2n) is 7.83. The van der Waals surface area contributed by atoms with E-state index in [-0.39, 0.29) is 5.91 Å². The van der Waals surface area contributed by atoms with Crippen molar-refractivity contribution >= 4 is 34.1 Å². The van der Waals surface area contributed by atoms with Crippen LogP contribution in [0.15, 0.2) is 82.4 Å². The molecule has 2 amide bonds. The van der Waals surface area contributed by atoms with Crippen LogP contribution in [0.1, 0.15) is 15.9 Å². The van der Waals surface area contributed by atoms with Crippen LogP contribution in [-0.4, -0.2) is 27.9 Å². The molecule has 8 heteroatoms. The van der Waals surface area contributed by atoms with Crippen molar-refractivity contribution in [1.82, 2.24) is 9.55 Å². The van der Waals surface area contributed by atoms with Crippen molar-refractivity contribution in [1.29, 1.82) is 0 Å². The van der Waals surface area contributed by atoms with E-state index in [9.17, 15) is 19.2 Å². The third-order valence-corrected chi connectivity index (χ3v) is 5.74. The maximum Gasteiger partial charge on any atom is 0.329 e. The number of nitrogens with one attached hydrogen (secondary N) is 2. The van der Waals surface area contributed by atoms with Crippen molar-refractivity contribution in [3.05, 3.63) is 105 Å². The molecule has 0 saturated heterocycles. The number of carbonyl (C=O) groups excluding carboxylic acids is 2. The molecule has 2 heterocycles. The van der Waals surface area contributed by atoms with E-state index in [0.29, 0.717) is 28.7 Å². The van der Waals surface area contributed by atoms with E-state index in [4.69, 9.17) is 0 Å². The first-order valence-corrected chi connectivity index (χ1v) is 10.5. The lowest BCUT2D eigenvalue weighted by atomic mass is 10.1. The van der Waals surface area contributed by atoms with Crippen molar-refractivity contribution in [3.63, 3.8) is 0 Å². The number of para-hydroxylation sites is 2. The van der Waals surface area contributed by atoms with Crippen LogP contribution in [0.25, 0.3) is 10.9 Å². The Hall–Kier alpha value is -4.46. The Kier molecular flexibility index (Phi) is 5.10. The fourth-order valence-electron chi connectivity index (χ4n) is 4.09. The van der Waals surface area contributed by atoms with Gasteiger partial charge >= 0.3 is 5.69 Å². The summed E-state index contributed by atoms with van der Waals surface area (Å²) in [4.78, 5) is 54.6. The van der Waals surface area contributed by atoms with Crippen molar-refractivity contribution in [3.8, 4) is 0 Å². The van der Waals surface area contributed by atoms with E-state index >= 15 is 0 Å². The van der Waals surface area contributed by atoms with Crippen molar-refractivity contribution < 1.29 is 9.59 Å². The zero-order valence-electron chi connectivity index (χ0n) is 17.6. The lowest BCUT2D eigenvalue weighted by molar-refractivity contribution is -0.116. The topological polar surface area (TPSA) is 104 Å². The number of anilines is 2. The maximum absolute atomic E-state index is 12.9. The van der Waals surface area contributed by atoms with Crippen LogP contribution in [0, 0.1) is 0 Å². The molecule has 0 fully saturated rings. The first-order valence-electron chi connectivity index (χ1n) is 10.5. The average Bonchev–Trinajstić information content (AvgIpc) is 3.26. The van der Waals surface area contributed by atoms with E-state index in [2.05, 4.69) is 10.3 Å². The molecular weight excluding hydrogens is 420 g/mol. The summed E-state index contributed by atoms with van der Waals surface area (Å²) < 4.78 is 0.861. The van der Waals surface area contributed by atoms with Crippen LogP contribution in [0.5, 0.6) is 0 Å². The van der Waals surface area contributed by atoms with Gasteiger partial charge < -0.3 is 15.2 Å². The van der Waals surface area contributed by atoms with Crippen LogP contribution >= 0.6 is 0 Å². The number of rotatable bonds is 4. The molecule has 5 rings (SSSR count). The van der Waals surface area contributed by atoms with Crippen LogP contribution in [0.2, 0.25) is 0 Å². The molecule has 8 nitrogen and oxygen atoms in total. The molecule has 4 aromatic rings. The second kappa shape index (κ2) is 8.23. The van der Waals surface area contributed by atoms with Crippen LogP contribution in [-0.2, 0) is 17.8 Å². The standard InChI is InChI=1S/C25H20N4O4/c30-22(15-29-24(32)19-6-2-3-7-20(19)27-25(29)33)26-18-11-9-17(10-12-18)23(31)28-14-13-16-5-1-4-8-21(16)28/h1-12H,13-15H2,(H,26,30)(H,27,33). The zero-order chi connectivity index (χ0) is 22.9. The summed E-state index contributed by atoms with van der Waals surface area (Å²) in [6.07, 6.45) is 0.823. The SMILES string of the molecule is O=C(Cn1c(=O)[nH]c2ccccc2c1=O)Nc1ccc(C(=O)N2CCc3ccccc32)cc1. The summed E-state index contributed by atoms with van der Waals surface area (Å²) in [5, 5.41) is 3.00. The molecule has 0 saturated carbocycles. The highest BCUT2D eigenvalue weighted by Gasteiger charge is 2.25. The summed E-state index contributed by atoms with van der Waals surface area (Å²) in [7, 11) is 0. The lowest BCUT2D eigenvalue weighted by Crippen LogP contribution is -2.38. The van der Waals surface area contributed by atoms with Gasteiger partial charge in [0.1, 0.15) is 6.54 Å². The fraction of sp³-hybridized carbons (Fsp3) is 0.120. The third-order valence-electron chi connectivity index (χ3n) is 5.74. The van der Waals surface area contributed by atoms with Crippen LogP contribution in [0.4, 0.5) is 11.4 Å². The molecule has 0 spiro atoms. The highest BCUT2D eigenvalue weighted by atomic mass is 16.2. The number of benzene rings is 3. The van der Waals surface area contributed by atoms with E-state index in [1.165, 1.54) is 0 Å². The number of fused-ring (bicyclic) bond motifs is 2. The van der Waals surface area contributed by atoms with Gasteiger partial charge in [-0.3, -0.25) is 19.0 Å². The van der Waals surface area contributed by atoms with Gasteiger partial charge in [-0.2, -0.15) is 0 Å². The third kappa shape index (κ3) is 3.82. The van der Waals surface area contributed by atoms with Gasteiger partial charge in [0, 0.05) is 23.5 Å². The molecule has 33 heavy (non-hydrogen) atoms. The van der Waals surface area contributed by atoms with Gasteiger partial charge in [-0.25, -0.2) is 4.79 Å².